The van der Waals surface area contributed by atoms with Crippen molar-refractivity contribution >= 4 is 0 Å². The van der Waals surface area contributed by atoms with E-state index in [1.807, 2.05) is 0 Å². The molecule has 0 heterocycles. The third kappa shape index (κ3) is 5.34. The van der Waals surface area contributed by atoms with Crippen molar-refractivity contribution in [3.8, 4) is 0 Å². The first kappa shape index (κ1) is 14.7. The molecule has 15 heavy (non-hydrogen) atoms. The maximum atomic E-state index is 12.6. The van der Waals surface area contributed by atoms with E-state index in [1.165, 1.54) is 14.0 Å². The smallest absolute Gasteiger partial charge is 0.393 e. The first-order valence-electron chi connectivity index (χ1n) is 4.87. The summed E-state index contributed by atoms with van der Waals surface area (Å²) in [6.45, 7) is 3.04. The molecule has 92 valence electrons. The number of hydrogen-bond donors (Lipinski definition) is 2. The maximum absolute atomic E-state index is 12.6. The first-order valence-corrected chi connectivity index (χ1v) is 4.87. The van der Waals surface area contributed by atoms with Crippen LogP contribution in [0.5, 0.6) is 0 Å². The fraction of sp³-hybridized carbons (Fsp3) is 1.00. The second-order valence-electron chi connectivity index (χ2n) is 3.96. The Labute approximate surface area is 88.0 Å². The average Bonchev–Trinajstić information content (AvgIpc) is 1.96. The van der Waals surface area contributed by atoms with Gasteiger partial charge in [-0.25, -0.2) is 0 Å². The van der Waals surface area contributed by atoms with Gasteiger partial charge in [-0.1, -0.05) is 0 Å². The summed E-state index contributed by atoms with van der Waals surface area (Å²) >= 11 is 0. The number of rotatable bonds is 5. The first-order chi connectivity index (χ1) is 6.66. The molecule has 0 aromatic carbocycles. The van der Waals surface area contributed by atoms with E-state index in [9.17, 15) is 13.2 Å². The van der Waals surface area contributed by atoms with E-state index in [0.717, 1.165) is 4.90 Å². The molecule has 0 saturated carbocycles. The summed E-state index contributed by atoms with van der Waals surface area (Å²) in [5.41, 5.74) is 5.31. The van der Waals surface area contributed by atoms with Crippen molar-refractivity contribution in [2.24, 2.45) is 5.73 Å². The Morgan fingerprint density at radius 3 is 2.07 bits per heavy atom. The molecule has 0 aliphatic rings. The number of alkyl halides is 3. The Balaban J connectivity index is 4.37. The van der Waals surface area contributed by atoms with Gasteiger partial charge in [-0.15, -0.1) is 0 Å². The van der Waals surface area contributed by atoms with Gasteiger partial charge in [-0.3, -0.25) is 4.90 Å². The highest BCUT2D eigenvalue weighted by atomic mass is 19.4. The van der Waals surface area contributed by atoms with Crippen molar-refractivity contribution in [1.82, 2.24) is 4.90 Å². The van der Waals surface area contributed by atoms with Crippen LogP contribution < -0.4 is 5.73 Å². The van der Waals surface area contributed by atoms with E-state index in [2.05, 4.69) is 0 Å². The standard InChI is InChI=1S/C9H19F3N2O/c1-6(15)4-5-14(3)8(7(2)13)9(10,11)12/h6-8,15H,4-5,13H2,1-3H3. The Morgan fingerprint density at radius 2 is 1.80 bits per heavy atom. The average molecular weight is 228 g/mol. The lowest BCUT2D eigenvalue weighted by molar-refractivity contribution is -0.185. The molecule has 0 amide bonds. The van der Waals surface area contributed by atoms with Crippen LogP contribution in [-0.2, 0) is 0 Å². The third-order valence-corrected chi connectivity index (χ3v) is 2.21. The number of likely N-dealkylation sites (N-methyl/N-ethyl adjacent to an activating group) is 1. The second-order valence-corrected chi connectivity index (χ2v) is 3.96. The molecule has 0 aromatic rings. The van der Waals surface area contributed by atoms with Crippen LogP contribution in [0.1, 0.15) is 20.3 Å². The Hall–Kier alpha value is -0.330. The van der Waals surface area contributed by atoms with E-state index in [-0.39, 0.29) is 6.54 Å². The predicted molar refractivity (Wildman–Crippen MR) is 52.4 cm³/mol. The summed E-state index contributed by atoms with van der Waals surface area (Å²) in [7, 11) is 1.36. The Bertz CT molecular complexity index is 183. The van der Waals surface area contributed by atoms with Crippen molar-refractivity contribution in [3.05, 3.63) is 0 Å². The molecule has 3 N–H and O–H groups in total. The van der Waals surface area contributed by atoms with Crippen molar-refractivity contribution in [3.63, 3.8) is 0 Å². The fourth-order valence-corrected chi connectivity index (χ4v) is 1.48. The van der Waals surface area contributed by atoms with Gasteiger partial charge in [-0.2, -0.15) is 13.2 Å². The molecule has 0 saturated heterocycles. The van der Waals surface area contributed by atoms with Crippen molar-refractivity contribution in [1.29, 1.82) is 0 Å². The molecule has 0 rings (SSSR count). The quantitative estimate of drug-likeness (QED) is 0.737. The number of nitrogens with two attached hydrogens (primary N) is 1. The minimum atomic E-state index is -4.33. The predicted octanol–water partition coefficient (Wildman–Crippen LogP) is 0.967. The summed E-state index contributed by atoms with van der Waals surface area (Å²) < 4.78 is 37.7. The van der Waals surface area contributed by atoms with Crippen molar-refractivity contribution in [2.45, 2.75) is 44.6 Å². The van der Waals surface area contributed by atoms with E-state index in [4.69, 9.17) is 10.8 Å². The zero-order valence-electron chi connectivity index (χ0n) is 9.25. The van der Waals surface area contributed by atoms with Gasteiger partial charge in [0.15, 0.2) is 0 Å². The highest BCUT2D eigenvalue weighted by Gasteiger charge is 2.44. The minimum absolute atomic E-state index is 0.170. The van der Waals surface area contributed by atoms with Crippen LogP contribution in [0, 0.1) is 0 Å². The van der Waals surface area contributed by atoms with E-state index < -0.39 is 24.4 Å². The topological polar surface area (TPSA) is 49.5 Å². The van der Waals surface area contributed by atoms with Crippen LogP contribution in [0.4, 0.5) is 13.2 Å². The van der Waals surface area contributed by atoms with Crippen LogP contribution in [0.3, 0.4) is 0 Å². The van der Waals surface area contributed by atoms with E-state index in [1.54, 1.807) is 6.92 Å². The number of nitrogens with zero attached hydrogens (tertiary/aromatic N) is 1. The molecular formula is C9H19F3N2O. The molecular weight excluding hydrogens is 209 g/mol. The molecule has 0 radical (unpaired) electrons. The molecule has 0 spiro atoms. The molecule has 0 fully saturated rings. The van der Waals surface area contributed by atoms with Crippen LogP contribution in [0.15, 0.2) is 0 Å². The summed E-state index contributed by atoms with van der Waals surface area (Å²) in [5, 5.41) is 8.99. The van der Waals surface area contributed by atoms with Crippen LogP contribution in [0.2, 0.25) is 0 Å². The van der Waals surface area contributed by atoms with E-state index >= 15 is 0 Å². The highest BCUT2D eigenvalue weighted by Crippen LogP contribution is 2.26. The molecule has 0 aromatic heterocycles. The van der Waals surface area contributed by atoms with E-state index in [0.29, 0.717) is 6.42 Å². The largest absolute Gasteiger partial charge is 0.405 e. The van der Waals surface area contributed by atoms with Gasteiger partial charge < -0.3 is 10.8 Å². The summed E-state index contributed by atoms with van der Waals surface area (Å²) in [6.07, 6.45) is -4.63. The zero-order valence-corrected chi connectivity index (χ0v) is 9.25. The Kier molecular flexibility index (Phi) is 5.55. The third-order valence-electron chi connectivity index (χ3n) is 2.21. The summed E-state index contributed by atoms with van der Waals surface area (Å²) in [5.74, 6) is 0. The van der Waals surface area contributed by atoms with Crippen molar-refractivity contribution in [2.75, 3.05) is 13.6 Å². The number of aliphatic hydroxyl groups excluding tert-OH is 1. The summed E-state index contributed by atoms with van der Waals surface area (Å²) in [4.78, 5) is 1.14. The Morgan fingerprint density at radius 1 is 1.33 bits per heavy atom. The molecule has 3 nitrogen and oxygen atoms in total. The molecule has 3 unspecified atom stereocenters. The lowest BCUT2D eigenvalue weighted by atomic mass is 10.1. The second kappa shape index (κ2) is 5.67. The highest BCUT2D eigenvalue weighted by molar-refractivity contribution is 4.84. The molecule has 3 atom stereocenters. The van der Waals surface area contributed by atoms with Gasteiger partial charge in [0.1, 0.15) is 6.04 Å². The van der Waals surface area contributed by atoms with Crippen molar-refractivity contribution < 1.29 is 18.3 Å². The SMILES string of the molecule is CC(O)CCN(C)C(C(C)N)C(F)(F)F. The fourth-order valence-electron chi connectivity index (χ4n) is 1.48. The van der Waals surface area contributed by atoms with Gasteiger partial charge in [0.2, 0.25) is 0 Å². The van der Waals surface area contributed by atoms with Gasteiger partial charge in [0.25, 0.3) is 0 Å². The van der Waals surface area contributed by atoms with Gasteiger partial charge in [-0.05, 0) is 27.3 Å². The van der Waals surface area contributed by atoms with Gasteiger partial charge in [0, 0.05) is 12.6 Å². The molecule has 0 bridgehead atoms. The number of aliphatic hydroxyl groups is 1. The minimum Gasteiger partial charge on any atom is -0.393 e. The zero-order chi connectivity index (χ0) is 12.2. The van der Waals surface area contributed by atoms with Gasteiger partial charge in [0.05, 0.1) is 6.10 Å². The van der Waals surface area contributed by atoms with Crippen LogP contribution in [0.25, 0.3) is 0 Å². The normalized spacial score (nSPS) is 19.0. The monoisotopic (exact) mass is 228 g/mol. The molecule has 0 aliphatic heterocycles. The number of hydrogen-bond acceptors (Lipinski definition) is 3. The maximum Gasteiger partial charge on any atom is 0.405 e. The lowest BCUT2D eigenvalue weighted by Crippen LogP contribution is -2.54. The molecule has 6 heteroatoms. The van der Waals surface area contributed by atoms with Crippen LogP contribution in [-0.4, -0.2) is 48.0 Å². The summed E-state index contributed by atoms with van der Waals surface area (Å²) in [6, 6.07) is -2.64. The lowest BCUT2D eigenvalue weighted by Gasteiger charge is -2.32. The number of halogens is 3. The van der Waals surface area contributed by atoms with Gasteiger partial charge >= 0.3 is 6.18 Å². The molecule has 0 aliphatic carbocycles. The van der Waals surface area contributed by atoms with Crippen LogP contribution >= 0.6 is 0 Å².